The summed E-state index contributed by atoms with van der Waals surface area (Å²) in [5.41, 5.74) is 1.11. The number of hydrogen-bond donors (Lipinski definition) is 0. The lowest BCUT2D eigenvalue weighted by atomic mass is 10.2. The molecule has 0 amide bonds. The van der Waals surface area contributed by atoms with Gasteiger partial charge in [0.2, 0.25) is 0 Å². The predicted molar refractivity (Wildman–Crippen MR) is 82.8 cm³/mol. The van der Waals surface area contributed by atoms with Crippen LogP contribution < -0.4 is 14.4 Å². The molecule has 0 spiro atoms. The van der Waals surface area contributed by atoms with Crippen LogP contribution in [0.4, 0.5) is 5.69 Å². The number of hydrogen-bond acceptors (Lipinski definition) is 3. The van der Waals surface area contributed by atoms with Crippen LogP contribution in [0.25, 0.3) is 0 Å². The highest BCUT2D eigenvalue weighted by Crippen LogP contribution is 2.27. The molecule has 0 aliphatic carbocycles. The molecule has 0 aliphatic rings. The summed E-state index contributed by atoms with van der Waals surface area (Å²) >= 11 is 0. The van der Waals surface area contributed by atoms with Crippen molar-refractivity contribution in [1.29, 1.82) is 0 Å². The quantitative estimate of drug-likeness (QED) is 0.768. The zero-order valence-corrected chi connectivity index (χ0v) is 12.1. The molecule has 3 heteroatoms. The number of benzene rings is 2. The Labute approximate surface area is 120 Å². The molecular weight excluding hydrogens is 250 g/mol. The summed E-state index contributed by atoms with van der Waals surface area (Å²) < 4.78 is 11.2. The average Bonchev–Trinajstić information content (AvgIpc) is 2.53. The first kappa shape index (κ1) is 14.3. The number of nitrogens with zero attached hydrogens (tertiary/aromatic N) is 1. The summed E-state index contributed by atoms with van der Waals surface area (Å²) in [6.45, 7) is 4.52. The Morgan fingerprint density at radius 1 is 0.950 bits per heavy atom. The summed E-state index contributed by atoms with van der Waals surface area (Å²) in [5, 5.41) is 0. The molecular formula is C17H21NO2. The Morgan fingerprint density at radius 3 is 2.35 bits per heavy atom. The van der Waals surface area contributed by atoms with E-state index >= 15 is 0 Å². The molecule has 0 saturated heterocycles. The van der Waals surface area contributed by atoms with Gasteiger partial charge in [-0.25, -0.2) is 0 Å². The monoisotopic (exact) mass is 271 g/mol. The van der Waals surface area contributed by atoms with E-state index in [1.54, 1.807) is 7.11 Å². The van der Waals surface area contributed by atoms with Crippen LogP contribution in [0.2, 0.25) is 0 Å². The van der Waals surface area contributed by atoms with Crippen LogP contribution in [-0.2, 0) is 0 Å². The Kier molecular flexibility index (Phi) is 5.30. The molecule has 0 aliphatic heterocycles. The van der Waals surface area contributed by atoms with Gasteiger partial charge in [0.25, 0.3) is 0 Å². The molecule has 106 valence electrons. The molecule has 0 fully saturated rings. The Hall–Kier alpha value is -2.16. The number of para-hydroxylation sites is 3. The first-order chi connectivity index (χ1) is 9.85. The van der Waals surface area contributed by atoms with Gasteiger partial charge in [-0.15, -0.1) is 0 Å². The van der Waals surface area contributed by atoms with Crippen LogP contribution in [0.3, 0.4) is 0 Å². The number of methoxy groups -OCH3 is 1. The van der Waals surface area contributed by atoms with Gasteiger partial charge in [0, 0.05) is 6.54 Å². The molecule has 2 rings (SSSR count). The number of likely N-dealkylation sites (N-methyl/N-ethyl adjacent to an activating group) is 1. The van der Waals surface area contributed by atoms with E-state index in [1.807, 2.05) is 48.5 Å². The van der Waals surface area contributed by atoms with Crippen LogP contribution >= 0.6 is 0 Å². The number of anilines is 1. The van der Waals surface area contributed by atoms with Crippen LogP contribution in [0.15, 0.2) is 54.6 Å². The number of rotatable bonds is 7. The minimum Gasteiger partial charge on any atom is -0.495 e. The molecule has 0 unspecified atom stereocenters. The van der Waals surface area contributed by atoms with Crippen molar-refractivity contribution >= 4 is 5.69 Å². The summed E-state index contributed by atoms with van der Waals surface area (Å²) in [6, 6.07) is 18.0. The summed E-state index contributed by atoms with van der Waals surface area (Å²) in [5.74, 6) is 1.80. The minimum absolute atomic E-state index is 0.649. The Balaban J connectivity index is 1.95. The third-order valence-corrected chi connectivity index (χ3v) is 3.18. The van der Waals surface area contributed by atoms with Gasteiger partial charge in [0.1, 0.15) is 18.1 Å². The van der Waals surface area contributed by atoms with Crippen molar-refractivity contribution in [2.45, 2.75) is 6.92 Å². The van der Waals surface area contributed by atoms with E-state index in [-0.39, 0.29) is 0 Å². The fraction of sp³-hybridized carbons (Fsp3) is 0.294. The maximum absolute atomic E-state index is 5.75. The van der Waals surface area contributed by atoms with Crippen LogP contribution in [-0.4, -0.2) is 26.8 Å². The molecule has 20 heavy (non-hydrogen) atoms. The SMILES string of the molecule is CCN(CCOc1ccccc1)c1ccccc1OC. The smallest absolute Gasteiger partial charge is 0.142 e. The van der Waals surface area contributed by atoms with Gasteiger partial charge < -0.3 is 14.4 Å². The van der Waals surface area contributed by atoms with E-state index in [0.717, 1.165) is 30.3 Å². The normalized spacial score (nSPS) is 10.1. The largest absolute Gasteiger partial charge is 0.495 e. The fourth-order valence-corrected chi connectivity index (χ4v) is 2.13. The molecule has 2 aromatic rings. The molecule has 0 radical (unpaired) electrons. The van der Waals surface area contributed by atoms with Gasteiger partial charge in [0.05, 0.1) is 19.3 Å². The summed E-state index contributed by atoms with van der Waals surface area (Å²) in [6.07, 6.45) is 0. The molecule has 0 saturated carbocycles. The lowest BCUT2D eigenvalue weighted by Gasteiger charge is -2.25. The van der Waals surface area contributed by atoms with Crippen molar-refractivity contribution in [1.82, 2.24) is 0 Å². The summed E-state index contributed by atoms with van der Waals surface area (Å²) in [7, 11) is 1.70. The highest BCUT2D eigenvalue weighted by molar-refractivity contribution is 5.58. The second-order valence-corrected chi connectivity index (χ2v) is 4.41. The van der Waals surface area contributed by atoms with Gasteiger partial charge >= 0.3 is 0 Å². The van der Waals surface area contributed by atoms with E-state index in [1.165, 1.54) is 0 Å². The Bertz CT molecular complexity index is 513. The van der Waals surface area contributed by atoms with Crippen molar-refractivity contribution in [2.24, 2.45) is 0 Å². The van der Waals surface area contributed by atoms with Gasteiger partial charge in [-0.3, -0.25) is 0 Å². The van der Waals surface area contributed by atoms with Gasteiger partial charge in [-0.05, 0) is 31.2 Å². The molecule has 3 nitrogen and oxygen atoms in total. The van der Waals surface area contributed by atoms with Crippen LogP contribution in [0, 0.1) is 0 Å². The van der Waals surface area contributed by atoms with Crippen LogP contribution in [0.5, 0.6) is 11.5 Å². The van der Waals surface area contributed by atoms with Crippen LogP contribution in [0.1, 0.15) is 6.92 Å². The standard InChI is InChI=1S/C17H21NO2/c1-3-18(16-11-7-8-12-17(16)19-2)13-14-20-15-9-5-4-6-10-15/h4-12H,3,13-14H2,1-2H3. The van der Waals surface area contributed by atoms with E-state index in [0.29, 0.717) is 6.61 Å². The third-order valence-electron chi connectivity index (χ3n) is 3.18. The lowest BCUT2D eigenvalue weighted by Crippen LogP contribution is -2.28. The molecule has 0 N–H and O–H groups in total. The van der Waals surface area contributed by atoms with Gasteiger partial charge in [-0.2, -0.15) is 0 Å². The van der Waals surface area contributed by atoms with Gasteiger partial charge in [0.15, 0.2) is 0 Å². The fourth-order valence-electron chi connectivity index (χ4n) is 2.13. The molecule has 2 aromatic carbocycles. The van der Waals surface area contributed by atoms with Crippen molar-refractivity contribution < 1.29 is 9.47 Å². The van der Waals surface area contributed by atoms with E-state index in [4.69, 9.17) is 9.47 Å². The van der Waals surface area contributed by atoms with E-state index < -0.39 is 0 Å². The van der Waals surface area contributed by atoms with Crippen molar-refractivity contribution in [3.05, 3.63) is 54.6 Å². The van der Waals surface area contributed by atoms with Crippen molar-refractivity contribution in [2.75, 3.05) is 31.7 Å². The second kappa shape index (κ2) is 7.43. The molecule has 0 aromatic heterocycles. The van der Waals surface area contributed by atoms with Crippen molar-refractivity contribution in [3.63, 3.8) is 0 Å². The molecule has 0 heterocycles. The summed E-state index contributed by atoms with van der Waals surface area (Å²) in [4.78, 5) is 2.25. The minimum atomic E-state index is 0.649. The topological polar surface area (TPSA) is 21.7 Å². The maximum Gasteiger partial charge on any atom is 0.142 e. The van der Waals surface area contributed by atoms with E-state index in [2.05, 4.69) is 17.9 Å². The Morgan fingerprint density at radius 2 is 1.65 bits per heavy atom. The highest BCUT2D eigenvalue weighted by Gasteiger charge is 2.09. The first-order valence-corrected chi connectivity index (χ1v) is 6.91. The third kappa shape index (κ3) is 3.67. The zero-order valence-electron chi connectivity index (χ0n) is 12.1. The zero-order chi connectivity index (χ0) is 14.2. The van der Waals surface area contributed by atoms with Crippen molar-refractivity contribution in [3.8, 4) is 11.5 Å². The molecule has 0 bridgehead atoms. The molecule has 0 atom stereocenters. The highest BCUT2D eigenvalue weighted by atomic mass is 16.5. The van der Waals surface area contributed by atoms with E-state index in [9.17, 15) is 0 Å². The second-order valence-electron chi connectivity index (χ2n) is 4.41. The average molecular weight is 271 g/mol. The van der Waals surface area contributed by atoms with Gasteiger partial charge in [-0.1, -0.05) is 30.3 Å². The predicted octanol–water partition coefficient (Wildman–Crippen LogP) is 3.60. The number of ether oxygens (including phenoxy) is 2. The lowest BCUT2D eigenvalue weighted by molar-refractivity contribution is 0.323. The maximum atomic E-state index is 5.75. The first-order valence-electron chi connectivity index (χ1n) is 6.91.